The molecule has 2 rings (SSSR count). The first kappa shape index (κ1) is 13.0. The molecule has 7 heteroatoms. The number of halogens is 1. The van der Waals surface area contributed by atoms with Crippen LogP contribution < -0.4 is 4.90 Å². The summed E-state index contributed by atoms with van der Waals surface area (Å²) in [6.07, 6.45) is 0. The molecule has 2 aromatic heterocycles. The lowest BCUT2D eigenvalue weighted by Gasteiger charge is -2.12. The number of hydrogen-bond acceptors (Lipinski definition) is 6. The highest BCUT2D eigenvalue weighted by Gasteiger charge is 2.21. The van der Waals surface area contributed by atoms with Gasteiger partial charge in [-0.15, -0.1) is 11.3 Å². The Labute approximate surface area is 113 Å². The molecule has 0 unspecified atom stereocenters. The van der Waals surface area contributed by atoms with Crippen molar-refractivity contribution in [1.29, 1.82) is 0 Å². The Bertz CT molecular complexity index is 624. The SMILES string of the molecule is COC(=O)c1sc2nc(Cl)nc(N(C)C)c2c1C. The molecule has 0 amide bonds. The number of carbonyl (C=O) groups excluding carboxylic acids is 1. The Balaban J connectivity index is 2.80. The summed E-state index contributed by atoms with van der Waals surface area (Å²) >= 11 is 7.15. The molecule has 0 aliphatic carbocycles. The number of rotatable bonds is 2. The fraction of sp³-hybridized carbons (Fsp3) is 0.364. The van der Waals surface area contributed by atoms with Gasteiger partial charge in [0.25, 0.3) is 0 Å². The predicted octanol–water partition coefficient (Wildman–Crippen LogP) is 2.51. The minimum Gasteiger partial charge on any atom is -0.465 e. The highest BCUT2D eigenvalue weighted by atomic mass is 35.5. The Hall–Kier alpha value is -1.40. The van der Waals surface area contributed by atoms with Gasteiger partial charge in [0.1, 0.15) is 15.5 Å². The Morgan fingerprint density at radius 3 is 2.61 bits per heavy atom. The number of carbonyl (C=O) groups is 1. The summed E-state index contributed by atoms with van der Waals surface area (Å²) in [4.78, 5) is 23.1. The van der Waals surface area contributed by atoms with Crippen molar-refractivity contribution in [2.45, 2.75) is 6.92 Å². The molecule has 0 aromatic carbocycles. The van der Waals surface area contributed by atoms with E-state index in [9.17, 15) is 4.79 Å². The van der Waals surface area contributed by atoms with Crippen LogP contribution in [0.4, 0.5) is 5.82 Å². The normalized spacial score (nSPS) is 10.7. The third-order valence-electron chi connectivity index (χ3n) is 2.54. The van der Waals surface area contributed by atoms with E-state index in [1.165, 1.54) is 18.4 Å². The van der Waals surface area contributed by atoms with E-state index in [-0.39, 0.29) is 11.3 Å². The zero-order chi connectivity index (χ0) is 13.4. The van der Waals surface area contributed by atoms with Crippen LogP contribution in [0.5, 0.6) is 0 Å². The Kier molecular flexibility index (Phi) is 3.41. The zero-order valence-corrected chi connectivity index (χ0v) is 12.0. The molecule has 5 nitrogen and oxygen atoms in total. The van der Waals surface area contributed by atoms with Gasteiger partial charge in [-0.2, -0.15) is 4.98 Å². The number of hydrogen-bond donors (Lipinski definition) is 0. The van der Waals surface area contributed by atoms with Crippen LogP contribution in [-0.4, -0.2) is 37.1 Å². The highest BCUT2D eigenvalue weighted by molar-refractivity contribution is 7.20. The third-order valence-corrected chi connectivity index (χ3v) is 3.87. The van der Waals surface area contributed by atoms with E-state index >= 15 is 0 Å². The number of methoxy groups -OCH3 is 1. The quantitative estimate of drug-likeness (QED) is 0.627. The van der Waals surface area contributed by atoms with E-state index in [1.54, 1.807) is 0 Å². The van der Waals surface area contributed by atoms with Gasteiger partial charge in [0.05, 0.1) is 12.5 Å². The molecule has 2 heterocycles. The average molecular weight is 286 g/mol. The minimum absolute atomic E-state index is 0.170. The maximum atomic E-state index is 11.7. The van der Waals surface area contributed by atoms with Crippen LogP contribution in [0.2, 0.25) is 5.28 Å². The molecule has 0 saturated heterocycles. The van der Waals surface area contributed by atoms with Crippen molar-refractivity contribution in [2.24, 2.45) is 0 Å². The number of fused-ring (bicyclic) bond motifs is 1. The highest BCUT2D eigenvalue weighted by Crippen LogP contribution is 2.35. The lowest BCUT2D eigenvalue weighted by atomic mass is 10.2. The number of nitrogens with zero attached hydrogens (tertiary/aromatic N) is 3. The molecule has 2 aromatic rings. The molecule has 0 atom stereocenters. The minimum atomic E-state index is -0.365. The number of esters is 1. The summed E-state index contributed by atoms with van der Waals surface area (Å²) in [6, 6.07) is 0. The van der Waals surface area contributed by atoms with Gasteiger partial charge in [-0.25, -0.2) is 9.78 Å². The van der Waals surface area contributed by atoms with E-state index < -0.39 is 0 Å². The molecule has 0 aliphatic heterocycles. The molecule has 96 valence electrons. The molecule has 0 radical (unpaired) electrons. The van der Waals surface area contributed by atoms with Gasteiger partial charge in [-0.1, -0.05) is 0 Å². The zero-order valence-electron chi connectivity index (χ0n) is 10.4. The van der Waals surface area contributed by atoms with Crippen LogP contribution in [0, 0.1) is 6.92 Å². The van der Waals surface area contributed by atoms with Crippen molar-refractivity contribution in [3.63, 3.8) is 0 Å². The lowest BCUT2D eigenvalue weighted by molar-refractivity contribution is 0.0605. The van der Waals surface area contributed by atoms with Gasteiger partial charge < -0.3 is 9.64 Å². The summed E-state index contributed by atoms with van der Waals surface area (Å²) in [6.45, 7) is 1.86. The van der Waals surface area contributed by atoms with Gasteiger partial charge in [-0.05, 0) is 24.1 Å². The van der Waals surface area contributed by atoms with Crippen LogP contribution >= 0.6 is 22.9 Å². The first-order valence-electron chi connectivity index (χ1n) is 5.18. The first-order valence-corrected chi connectivity index (χ1v) is 6.37. The predicted molar refractivity (Wildman–Crippen MR) is 72.8 cm³/mol. The van der Waals surface area contributed by atoms with E-state index in [0.29, 0.717) is 15.5 Å². The van der Waals surface area contributed by atoms with Crippen molar-refractivity contribution in [2.75, 3.05) is 26.1 Å². The molecule has 0 N–H and O–H groups in total. The van der Waals surface area contributed by atoms with Gasteiger partial charge in [0, 0.05) is 14.1 Å². The van der Waals surface area contributed by atoms with Crippen molar-refractivity contribution in [3.05, 3.63) is 15.7 Å². The number of ether oxygens (including phenoxy) is 1. The second kappa shape index (κ2) is 4.70. The Morgan fingerprint density at radius 2 is 2.06 bits per heavy atom. The number of thiophene rings is 1. The molecule has 0 spiro atoms. The van der Waals surface area contributed by atoms with Crippen molar-refractivity contribution >= 4 is 44.9 Å². The van der Waals surface area contributed by atoms with Gasteiger partial charge >= 0.3 is 5.97 Å². The first-order chi connectivity index (χ1) is 8.45. The van der Waals surface area contributed by atoms with Crippen molar-refractivity contribution in [1.82, 2.24) is 9.97 Å². The number of anilines is 1. The van der Waals surface area contributed by atoms with Crippen LogP contribution in [0.15, 0.2) is 0 Å². The summed E-state index contributed by atoms with van der Waals surface area (Å²) in [5, 5.41) is 1.01. The molecular weight excluding hydrogens is 274 g/mol. The topological polar surface area (TPSA) is 55.3 Å². The third kappa shape index (κ3) is 2.02. The second-order valence-corrected chi connectivity index (χ2v) is 5.28. The lowest BCUT2D eigenvalue weighted by Crippen LogP contribution is -2.11. The van der Waals surface area contributed by atoms with Crippen LogP contribution in [-0.2, 0) is 4.74 Å². The van der Waals surface area contributed by atoms with E-state index in [0.717, 1.165) is 10.9 Å². The molecular formula is C11H12ClN3O2S. The maximum Gasteiger partial charge on any atom is 0.348 e. The van der Waals surface area contributed by atoms with Gasteiger partial charge in [-0.3, -0.25) is 0 Å². The van der Waals surface area contributed by atoms with Gasteiger partial charge in [0.2, 0.25) is 5.28 Å². The summed E-state index contributed by atoms with van der Waals surface area (Å²) in [5.41, 5.74) is 0.821. The smallest absolute Gasteiger partial charge is 0.348 e. The largest absolute Gasteiger partial charge is 0.465 e. The monoisotopic (exact) mass is 285 g/mol. The summed E-state index contributed by atoms with van der Waals surface area (Å²) in [5.74, 6) is 0.338. The molecule has 0 aliphatic rings. The second-order valence-electron chi connectivity index (χ2n) is 3.94. The molecule has 0 saturated carbocycles. The Morgan fingerprint density at radius 1 is 1.39 bits per heavy atom. The van der Waals surface area contributed by atoms with Crippen molar-refractivity contribution < 1.29 is 9.53 Å². The maximum absolute atomic E-state index is 11.7. The number of aryl methyl sites for hydroxylation is 1. The van der Waals surface area contributed by atoms with Crippen LogP contribution in [0.1, 0.15) is 15.2 Å². The van der Waals surface area contributed by atoms with E-state index in [2.05, 4.69) is 9.97 Å². The van der Waals surface area contributed by atoms with E-state index in [1.807, 2.05) is 25.9 Å². The number of aromatic nitrogens is 2. The molecule has 18 heavy (non-hydrogen) atoms. The molecule has 0 bridgehead atoms. The standard InChI is InChI=1S/C11H12ClN3O2S/c1-5-6-8(15(2)3)13-11(12)14-9(6)18-7(5)10(16)17-4/h1-4H3. The molecule has 0 fully saturated rings. The van der Waals surface area contributed by atoms with Crippen LogP contribution in [0.3, 0.4) is 0 Å². The van der Waals surface area contributed by atoms with Gasteiger partial charge in [0.15, 0.2) is 0 Å². The fourth-order valence-electron chi connectivity index (χ4n) is 1.70. The fourth-order valence-corrected chi connectivity index (χ4v) is 3.01. The van der Waals surface area contributed by atoms with Crippen molar-refractivity contribution in [3.8, 4) is 0 Å². The summed E-state index contributed by atoms with van der Waals surface area (Å²) < 4.78 is 4.75. The average Bonchev–Trinajstić information content (AvgIpc) is 2.64. The summed E-state index contributed by atoms with van der Waals surface area (Å²) in [7, 11) is 5.09. The van der Waals surface area contributed by atoms with Crippen LogP contribution in [0.25, 0.3) is 10.2 Å². The van der Waals surface area contributed by atoms with E-state index in [4.69, 9.17) is 16.3 Å².